The number of sulfonamides is 1. The summed E-state index contributed by atoms with van der Waals surface area (Å²) in [5.74, 6) is -0.294. The topological polar surface area (TPSA) is 83.5 Å². The van der Waals surface area contributed by atoms with Gasteiger partial charge < -0.3 is 5.11 Å². The van der Waals surface area contributed by atoms with E-state index in [-0.39, 0.29) is 22.3 Å². The number of phenols is 1. The fourth-order valence-electron chi connectivity index (χ4n) is 2.87. The summed E-state index contributed by atoms with van der Waals surface area (Å²) in [7, 11) is -3.77. The number of ketones is 1. The van der Waals surface area contributed by atoms with Crippen LogP contribution in [-0.4, -0.2) is 19.3 Å². The zero-order valence-corrected chi connectivity index (χ0v) is 14.3. The molecule has 3 rings (SSSR count). The van der Waals surface area contributed by atoms with Gasteiger partial charge in [-0.3, -0.25) is 9.52 Å². The van der Waals surface area contributed by atoms with Crippen molar-refractivity contribution in [1.29, 1.82) is 0 Å². The average Bonchev–Trinajstić information content (AvgIpc) is 2.95. The monoisotopic (exact) mass is 365 g/mol. The van der Waals surface area contributed by atoms with Crippen LogP contribution in [-0.2, 0) is 14.8 Å². The maximum absolute atomic E-state index is 12.4. The van der Waals surface area contributed by atoms with E-state index in [0.29, 0.717) is 29.1 Å². The minimum Gasteiger partial charge on any atom is -0.508 e. The Balaban J connectivity index is 1.90. The highest BCUT2D eigenvalue weighted by Gasteiger charge is 2.28. The van der Waals surface area contributed by atoms with Gasteiger partial charge in [-0.2, -0.15) is 0 Å². The molecule has 0 aromatic heterocycles. The maximum atomic E-state index is 12.4. The van der Waals surface area contributed by atoms with Crippen molar-refractivity contribution in [3.63, 3.8) is 0 Å². The van der Waals surface area contributed by atoms with Gasteiger partial charge in [0.25, 0.3) is 10.0 Å². The van der Waals surface area contributed by atoms with Crippen molar-refractivity contribution in [3.05, 3.63) is 53.1 Å². The normalized spacial score (nSPS) is 17.9. The van der Waals surface area contributed by atoms with Crippen LogP contribution >= 0.6 is 11.6 Å². The summed E-state index contributed by atoms with van der Waals surface area (Å²) in [5.41, 5.74) is 0.770. The lowest BCUT2D eigenvalue weighted by Crippen LogP contribution is -2.13. The van der Waals surface area contributed by atoms with Crippen molar-refractivity contribution in [1.82, 2.24) is 0 Å². The van der Waals surface area contributed by atoms with Crippen LogP contribution in [0.1, 0.15) is 30.7 Å². The third-order valence-electron chi connectivity index (χ3n) is 4.08. The minimum absolute atomic E-state index is 0.00434. The molecule has 2 aromatic carbocycles. The summed E-state index contributed by atoms with van der Waals surface area (Å²) < 4.78 is 27.3. The number of carbonyl (C=O) groups excluding carboxylic acids is 1. The van der Waals surface area contributed by atoms with Crippen LogP contribution in [0.3, 0.4) is 0 Å². The smallest absolute Gasteiger partial charge is 0.261 e. The van der Waals surface area contributed by atoms with E-state index in [1.54, 1.807) is 0 Å². The van der Waals surface area contributed by atoms with Crippen LogP contribution in [0.4, 0.5) is 5.69 Å². The highest BCUT2D eigenvalue weighted by Crippen LogP contribution is 2.37. The van der Waals surface area contributed by atoms with E-state index in [1.807, 2.05) is 0 Å². The van der Waals surface area contributed by atoms with Crippen LogP contribution < -0.4 is 4.72 Å². The van der Waals surface area contributed by atoms with E-state index in [9.17, 15) is 18.3 Å². The Hall–Kier alpha value is -2.05. The molecule has 5 nitrogen and oxygen atoms in total. The third-order valence-corrected chi connectivity index (χ3v) is 5.73. The summed E-state index contributed by atoms with van der Waals surface area (Å²) in [4.78, 5) is 12.0. The van der Waals surface area contributed by atoms with E-state index >= 15 is 0 Å². The first-order valence-electron chi connectivity index (χ1n) is 7.51. The second kappa shape index (κ2) is 6.45. The number of halogens is 1. The SMILES string of the molecule is O=C1CCC[C@H]1c1cc(NS(=O)(=O)c2ccc(Cl)cc2)ccc1O. The molecule has 0 aliphatic heterocycles. The molecule has 1 atom stereocenters. The van der Waals surface area contributed by atoms with E-state index in [1.165, 1.54) is 42.5 Å². The first-order valence-corrected chi connectivity index (χ1v) is 9.37. The molecule has 2 aromatic rings. The molecule has 1 saturated carbocycles. The predicted octanol–water partition coefficient (Wildman–Crippen LogP) is 3.68. The Kier molecular flexibility index (Phi) is 4.51. The number of benzene rings is 2. The molecule has 0 saturated heterocycles. The van der Waals surface area contributed by atoms with Crippen molar-refractivity contribution < 1.29 is 18.3 Å². The number of aromatic hydroxyl groups is 1. The Morgan fingerprint density at radius 1 is 1.12 bits per heavy atom. The van der Waals surface area contributed by atoms with Gasteiger partial charge in [-0.1, -0.05) is 11.6 Å². The molecular weight excluding hydrogens is 350 g/mol. The molecule has 126 valence electrons. The lowest BCUT2D eigenvalue weighted by Gasteiger charge is -2.14. The molecule has 1 aliphatic carbocycles. The van der Waals surface area contributed by atoms with Crippen molar-refractivity contribution in [2.75, 3.05) is 4.72 Å². The van der Waals surface area contributed by atoms with Gasteiger partial charge in [0.05, 0.1) is 4.90 Å². The fourth-order valence-corrected chi connectivity index (χ4v) is 4.05. The second-order valence-corrected chi connectivity index (χ2v) is 7.86. The molecule has 0 amide bonds. The summed E-state index contributed by atoms with van der Waals surface area (Å²) in [6.45, 7) is 0. The van der Waals surface area contributed by atoms with Crippen LogP contribution in [0.15, 0.2) is 47.4 Å². The molecule has 0 radical (unpaired) electrons. The molecule has 1 fully saturated rings. The summed E-state index contributed by atoms with van der Waals surface area (Å²) >= 11 is 5.77. The number of hydrogen-bond acceptors (Lipinski definition) is 4. The number of phenolic OH excluding ortho intramolecular Hbond substituents is 1. The standard InChI is InChI=1S/C17H16ClNO4S/c18-11-4-7-13(8-5-11)24(22,23)19-12-6-9-17(21)15(10-12)14-2-1-3-16(14)20/h4-10,14,19,21H,1-3H2/t14-/m0/s1. The average molecular weight is 366 g/mol. The summed E-state index contributed by atoms with van der Waals surface area (Å²) in [6.07, 6.45) is 1.94. The molecule has 0 heterocycles. The molecule has 0 bridgehead atoms. The highest BCUT2D eigenvalue weighted by atomic mass is 35.5. The largest absolute Gasteiger partial charge is 0.508 e. The molecule has 0 unspecified atom stereocenters. The summed E-state index contributed by atoms with van der Waals surface area (Å²) in [6, 6.07) is 10.2. The molecule has 7 heteroatoms. The number of Topliss-reactive ketones (excluding diaryl/α,β-unsaturated/α-hetero) is 1. The van der Waals surface area contributed by atoms with Gasteiger partial charge in [0, 0.05) is 28.6 Å². The Bertz CT molecular complexity index is 878. The zero-order chi connectivity index (χ0) is 17.3. The number of rotatable bonds is 4. The predicted molar refractivity (Wildman–Crippen MR) is 92.0 cm³/mol. The molecular formula is C17H16ClNO4S. The number of carbonyl (C=O) groups is 1. The number of nitrogens with one attached hydrogen (secondary N) is 1. The van der Waals surface area contributed by atoms with Gasteiger partial charge in [0.15, 0.2) is 0 Å². The lowest BCUT2D eigenvalue weighted by molar-refractivity contribution is -0.118. The molecule has 1 aliphatic rings. The van der Waals surface area contributed by atoms with Crippen molar-refractivity contribution in [2.24, 2.45) is 0 Å². The highest BCUT2D eigenvalue weighted by molar-refractivity contribution is 7.92. The maximum Gasteiger partial charge on any atom is 0.261 e. The van der Waals surface area contributed by atoms with Crippen LogP contribution in [0, 0.1) is 0 Å². The van der Waals surface area contributed by atoms with Crippen molar-refractivity contribution in [2.45, 2.75) is 30.1 Å². The van der Waals surface area contributed by atoms with Crippen LogP contribution in [0.5, 0.6) is 5.75 Å². The van der Waals surface area contributed by atoms with Crippen molar-refractivity contribution in [3.8, 4) is 5.75 Å². The van der Waals surface area contributed by atoms with Gasteiger partial charge in [-0.25, -0.2) is 8.42 Å². The number of hydrogen-bond donors (Lipinski definition) is 2. The first-order chi connectivity index (χ1) is 11.4. The second-order valence-electron chi connectivity index (χ2n) is 5.74. The quantitative estimate of drug-likeness (QED) is 0.809. The van der Waals surface area contributed by atoms with E-state index in [4.69, 9.17) is 11.6 Å². The third kappa shape index (κ3) is 3.39. The van der Waals surface area contributed by atoms with Gasteiger partial charge >= 0.3 is 0 Å². The Morgan fingerprint density at radius 3 is 2.46 bits per heavy atom. The zero-order valence-electron chi connectivity index (χ0n) is 12.7. The van der Waals surface area contributed by atoms with Gasteiger partial charge in [-0.05, 0) is 55.3 Å². The molecule has 2 N–H and O–H groups in total. The first kappa shape index (κ1) is 16.8. The van der Waals surface area contributed by atoms with Gasteiger partial charge in [0.2, 0.25) is 0 Å². The molecule has 24 heavy (non-hydrogen) atoms. The fraction of sp³-hybridized carbons (Fsp3) is 0.235. The number of anilines is 1. The minimum atomic E-state index is -3.77. The van der Waals surface area contributed by atoms with Crippen LogP contribution in [0.2, 0.25) is 5.02 Å². The van der Waals surface area contributed by atoms with Gasteiger partial charge in [0.1, 0.15) is 11.5 Å². The van der Waals surface area contributed by atoms with E-state index < -0.39 is 10.0 Å². The summed E-state index contributed by atoms with van der Waals surface area (Å²) in [5, 5.41) is 10.5. The van der Waals surface area contributed by atoms with E-state index in [2.05, 4.69) is 4.72 Å². The Morgan fingerprint density at radius 2 is 1.83 bits per heavy atom. The van der Waals surface area contributed by atoms with Crippen LogP contribution in [0.25, 0.3) is 0 Å². The lowest BCUT2D eigenvalue weighted by atomic mass is 9.95. The Labute approximate surface area is 145 Å². The van der Waals surface area contributed by atoms with Crippen molar-refractivity contribution >= 4 is 33.1 Å². The van der Waals surface area contributed by atoms with E-state index in [0.717, 1.165) is 6.42 Å². The van der Waals surface area contributed by atoms with Gasteiger partial charge in [-0.15, -0.1) is 0 Å². The molecule has 0 spiro atoms.